The molecule has 1 aromatic rings. The van der Waals surface area contributed by atoms with E-state index in [1.165, 1.54) is 5.56 Å². The molecule has 1 aromatic carbocycles. The third kappa shape index (κ3) is 4.39. The van der Waals surface area contributed by atoms with Crippen LogP contribution in [0.5, 0.6) is 0 Å². The lowest BCUT2D eigenvalue weighted by molar-refractivity contribution is 0.0155. The highest BCUT2D eigenvalue weighted by atomic mass is 127. The number of hydrogen-bond acceptors (Lipinski definition) is 2. The van der Waals surface area contributed by atoms with Crippen LogP contribution in [0, 0.1) is 0 Å². The van der Waals surface area contributed by atoms with Crippen LogP contribution in [0.15, 0.2) is 30.3 Å². The number of methoxy groups -OCH3 is 1. The zero-order valence-corrected chi connectivity index (χ0v) is 10.4. The lowest BCUT2D eigenvalue weighted by Gasteiger charge is -2.12. The molecule has 78 valence electrons. The first-order valence-electron chi connectivity index (χ1n) is 4.57. The van der Waals surface area contributed by atoms with Gasteiger partial charge in [-0.1, -0.05) is 52.9 Å². The fraction of sp³-hybridized carbons (Fsp3) is 0.455. The van der Waals surface area contributed by atoms with Gasteiger partial charge in [0, 0.05) is 11.5 Å². The summed E-state index contributed by atoms with van der Waals surface area (Å²) < 4.78 is 11.7. The Morgan fingerprint density at radius 1 is 1.29 bits per heavy atom. The van der Waals surface area contributed by atoms with Gasteiger partial charge in [-0.25, -0.2) is 0 Å². The number of hydrogen-bond donors (Lipinski definition) is 0. The van der Waals surface area contributed by atoms with Gasteiger partial charge >= 0.3 is 0 Å². The lowest BCUT2D eigenvalue weighted by atomic mass is 10.2. The Bertz CT molecular complexity index is 234. The largest absolute Gasteiger partial charge is 0.378 e. The molecule has 0 radical (unpaired) electrons. The Morgan fingerprint density at radius 2 is 2.00 bits per heavy atom. The second-order valence-corrected chi connectivity index (χ2v) is 3.89. The molecule has 0 aliphatic heterocycles. The van der Waals surface area contributed by atoms with Gasteiger partial charge in [0.2, 0.25) is 0 Å². The van der Waals surface area contributed by atoms with Gasteiger partial charge in [0.05, 0.1) is 19.3 Å². The molecule has 2 nitrogen and oxygen atoms in total. The third-order valence-electron chi connectivity index (χ3n) is 1.92. The summed E-state index contributed by atoms with van der Waals surface area (Å²) >= 11 is 2.30. The first-order valence-corrected chi connectivity index (χ1v) is 6.09. The fourth-order valence-corrected chi connectivity index (χ4v) is 1.67. The molecule has 0 amide bonds. The van der Waals surface area contributed by atoms with Crippen LogP contribution in [0.25, 0.3) is 0 Å². The van der Waals surface area contributed by atoms with E-state index in [0.717, 1.165) is 4.43 Å². The minimum Gasteiger partial charge on any atom is -0.378 e. The minimum atomic E-state index is 0.208. The molecule has 1 atom stereocenters. The standard InChI is InChI=1S/C11H15IO2/c1-13-11(7-12)9-14-8-10-5-3-2-4-6-10/h2-6,11H,7-9H2,1H3. The van der Waals surface area contributed by atoms with E-state index in [2.05, 4.69) is 34.7 Å². The highest BCUT2D eigenvalue weighted by molar-refractivity contribution is 14.1. The lowest BCUT2D eigenvalue weighted by Crippen LogP contribution is -2.19. The molecule has 0 N–H and O–H groups in total. The molecule has 1 rings (SSSR count). The average Bonchev–Trinajstić information content (AvgIpc) is 2.26. The Balaban J connectivity index is 2.21. The Kier molecular flexibility index (Phi) is 6.14. The molecule has 0 bridgehead atoms. The van der Waals surface area contributed by atoms with E-state index >= 15 is 0 Å². The molecular formula is C11H15IO2. The Morgan fingerprint density at radius 3 is 2.57 bits per heavy atom. The molecule has 0 aliphatic rings. The Labute approximate surface area is 98.7 Å². The molecule has 0 saturated carbocycles. The fourth-order valence-electron chi connectivity index (χ4n) is 1.06. The zero-order valence-electron chi connectivity index (χ0n) is 8.28. The van der Waals surface area contributed by atoms with Gasteiger partial charge in [-0.15, -0.1) is 0 Å². The summed E-state index contributed by atoms with van der Waals surface area (Å²) in [5.74, 6) is 0. The Hall–Kier alpha value is -0.130. The van der Waals surface area contributed by atoms with Crippen LogP contribution in [0.2, 0.25) is 0 Å². The summed E-state index contributed by atoms with van der Waals surface area (Å²) in [4.78, 5) is 0. The van der Waals surface area contributed by atoms with Crippen LogP contribution in [0.4, 0.5) is 0 Å². The molecule has 3 heteroatoms. The molecule has 0 heterocycles. The van der Waals surface area contributed by atoms with Crippen molar-refractivity contribution in [1.29, 1.82) is 0 Å². The highest BCUT2D eigenvalue weighted by Gasteiger charge is 2.04. The second kappa shape index (κ2) is 7.20. The predicted octanol–water partition coefficient (Wildman–Crippen LogP) is 2.65. The molecule has 0 aliphatic carbocycles. The van der Waals surface area contributed by atoms with Crippen LogP contribution in [0.1, 0.15) is 5.56 Å². The van der Waals surface area contributed by atoms with Crippen molar-refractivity contribution >= 4 is 22.6 Å². The minimum absolute atomic E-state index is 0.208. The van der Waals surface area contributed by atoms with Crippen molar-refractivity contribution in [2.75, 3.05) is 18.1 Å². The van der Waals surface area contributed by atoms with E-state index in [-0.39, 0.29) is 6.10 Å². The number of alkyl halides is 1. The maximum Gasteiger partial charge on any atom is 0.0893 e. The van der Waals surface area contributed by atoms with Gasteiger partial charge in [-0.05, 0) is 5.56 Å². The second-order valence-electron chi connectivity index (χ2n) is 3.01. The van der Waals surface area contributed by atoms with Crippen LogP contribution in [-0.2, 0) is 16.1 Å². The molecule has 14 heavy (non-hydrogen) atoms. The SMILES string of the molecule is COC(CI)COCc1ccccc1. The first kappa shape index (κ1) is 11.9. The first-order chi connectivity index (χ1) is 6.86. The molecule has 0 saturated heterocycles. The monoisotopic (exact) mass is 306 g/mol. The van der Waals surface area contributed by atoms with Gasteiger partial charge in [-0.3, -0.25) is 0 Å². The van der Waals surface area contributed by atoms with Crippen molar-refractivity contribution in [3.05, 3.63) is 35.9 Å². The summed E-state index contributed by atoms with van der Waals surface area (Å²) in [6.07, 6.45) is 0.208. The number of halogens is 1. The quantitative estimate of drug-likeness (QED) is 0.594. The van der Waals surface area contributed by atoms with Crippen LogP contribution in [0.3, 0.4) is 0 Å². The van der Waals surface area contributed by atoms with Gasteiger partial charge in [-0.2, -0.15) is 0 Å². The normalized spacial score (nSPS) is 12.7. The van der Waals surface area contributed by atoms with Crippen LogP contribution >= 0.6 is 22.6 Å². The van der Waals surface area contributed by atoms with Crippen molar-refractivity contribution in [3.63, 3.8) is 0 Å². The molecule has 1 unspecified atom stereocenters. The summed E-state index contributed by atoms with van der Waals surface area (Å²) in [6, 6.07) is 10.2. The maximum absolute atomic E-state index is 5.53. The van der Waals surface area contributed by atoms with Crippen LogP contribution < -0.4 is 0 Å². The molecule has 0 aromatic heterocycles. The van der Waals surface area contributed by atoms with Gasteiger partial charge in [0.1, 0.15) is 0 Å². The van der Waals surface area contributed by atoms with Gasteiger partial charge in [0.25, 0.3) is 0 Å². The van der Waals surface area contributed by atoms with Crippen molar-refractivity contribution in [1.82, 2.24) is 0 Å². The third-order valence-corrected chi connectivity index (χ3v) is 2.90. The summed E-state index contributed by atoms with van der Waals surface area (Å²) in [5.41, 5.74) is 1.20. The number of rotatable bonds is 6. The molecular weight excluding hydrogens is 291 g/mol. The van der Waals surface area contributed by atoms with E-state index in [9.17, 15) is 0 Å². The summed E-state index contributed by atoms with van der Waals surface area (Å²) in [5, 5.41) is 0. The van der Waals surface area contributed by atoms with E-state index in [4.69, 9.17) is 9.47 Å². The van der Waals surface area contributed by atoms with Crippen molar-refractivity contribution in [3.8, 4) is 0 Å². The van der Waals surface area contributed by atoms with E-state index in [0.29, 0.717) is 13.2 Å². The van der Waals surface area contributed by atoms with Gasteiger partial charge in [0.15, 0.2) is 0 Å². The topological polar surface area (TPSA) is 18.5 Å². The smallest absolute Gasteiger partial charge is 0.0893 e. The van der Waals surface area contributed by atoms with Crippen LogP contribution in [-0.4, -0.2) is 24.2 Å². The van der Waals surface area contributed by atoms with E-state index in [1.54, 1.807) is 7.11 Å². The zero-order chi connectivity index (χ0) is 10.2. The summed E-state index contributed by atoms with van der Waals surface area (Å²) in [7, 11) is 1.72. The van der Waals surface area contributed by atoms with E-state index in [1.807, 2.05) is 18.2 Å². The molecule has 0 spiro atoms. The van der Waals surface area contributed by atoms with Crippen molar-refractivity contribution in [2.24, 2.45) is 0 Å². The highest BCUT2D eigenvalue weighted by Crippen LogP contribution is 2.03. The summed E-state index contributed by atoms with van der Waals surface area (Å²) in [6.45, 7) is 1.33. The molecule has 0 fully saturated rings. The number of benzene rings is 1. The predicted molar refractivity (Wildman–Crippen MR) is 65.8 cm³/mol. The average molecular weight is 306 g/mol. The van der Waals surface area contributed by atoms with Crippen molar-refractivity contribution in [2.45, 2.75) is 12.7 Å². The maximum atomic E-state index is 5.53. The van der Waals surface area contributed by atoms with E-state index < -0.39 is 0 Å². The van der Waals surface area contributed by atoms with Crippen molar-refractivity contribution < 1.29 is 9.47 Å². The number of ether oxygens (including phenoxy) is 2. The van der Waals surface area contributed by atoms with Gasteiger partial charge < -0.3 is 9.47 Å².